The molecule has 7 atom stereocenters. The highest BCUT2D eigenvalue weighted by atomic mass is 19.3. The summed E-state index contributed by atoms with van der Waals surface area (Å²) in [5.41, 5.74) is 3.60. The van der Waals surface area contributed by atoms with Crippen molar-refractivity contribution in [2.75, 3.05) is 19.6 Å². The highest BCUT2D eigenvalue weighted by molar-refractivity contribution is 5.38. The molecule has 3 nitrogen and oxygen atoms in total. The molecular weight excluding hydrogens is 432 g/mol. The first-order valence-corrected chi connectivity index (χ1v) is 13.6. The van der Waals surface area contributed by atoms with Gasteiger partial charge in [0.25, 0.3) is 0 Å². The number of halogens is 2. The van der Waals surface area contributed by atoms with Crippen LogP contribution in [0.5, 0.6) is 0 Å². The van der Waals surface area contributed by atoms with Crippen LogP contribution in [0, 0.1) is 29.1 Å². The Morgan fingerprint density at radius 2 is 2.00 bits per heavy atom. The summed E-state index contributed by atoms with van der Waals surface area (Å²) >= 11 is 0. The molecule has 3 saturated carbocycles. The van der Waals surface area contributed by atoms with E-state index in [0.717, 1.165) is 43.6 Å². The minimum Gasteiger partial charge on any atom is -0.393 e. The molecule has 1 aliphatic heterocycles. The second-order valence-corrected chi connectivity index (χ2v) is 12.0. The molecule has 34 heavy (non-hydrogen) atoms. The number of allylic oxidation sites excluding steroid dienone is 3. The highest BCUT2D eigenvalue weighted by Gasteiger charge is 2.50. The van der Waals surface area contributed by atoms with Crippen LogP contribution in [-0.2, 0) is 0 Å². The molecule has 1 heterocycles. The van der Waals surface area contributed by atoms with E-state index in [1.54, 1.807) is 0 Å². The highest BCUT2D eigenvalue weighted by Crippen LogP contribution is 2.59. The topological polar surface area (TPSA) is 43.7 Å². The van der Waals surface area contributed by atoms with Gasteiger partial charge in [-0.25, -0.2) is 8.78 Å². The fourth-order valence-corrected chi connectivity index (χ4v) is 7.89. The minimum absolute atomic E-state index is 0.0486. The van der Waals surface area contributed by atoms with E-state index in [1.807, 2.05) is 0 Å². The molecule has 4 aliphatic rings. The number of fused-ring (bicyclic) bond motifs is 1. The Morgan fingerprint density at radius 3 is 2.76 bits per heavy atom. The second kappa shape index (κ2) is 10.9. The predicted molar refractivity (Wildman–Crippen MR) is 134 cm³/mol. The Bertz CT molecular complexity index is 793. The molecule has 5 heteroatoms. The van der Waals surface area contributed by atoms with Crippen LogP contribution in [-0.4, -0.2) is 53.4 Å². The number of likely N-dealkylation sites (tertiary alicyclic amines) is 1. The van der Waals surface area contributed by atoms with Crippen LogP contribution in [0.4, 0.5) is 8.78 Å². The lowest BCUT2D eigenvalue weighted by molar-refractivity contribution is 0.0810. The third-order valence-corrected chi connectivity index (χ3v) is 9.70. The van der Waals surface area contributed by atoms with Gasteiger partial charge in [-0.2, -0.15) is 0 Å². The maximum Gasteiger partial charge on any atom is 0.238 e. The van der Waals surface area contributed by atoms with E-state index in [4.69, 9.17) is 0 Å². The molecule has 3 aliphatic carbocycles. The van der Waals surface area contributed by atoms with Crippen molar-refractivity contribution in [3.8, 4) is 0 Å². The van der Waals surface area contributed by atoms with Gasteiger partial charge in [0, 0.05) is 25.9 Å². The van der Waals surface area contributed by atoms with Gasteiger partial charge in [0.1, 0.15) is 0 Å². The van der Waals surface area contributed by atoms with Crippen molar-refractivity contribution in [2.45, 2.75) is 96.7 Å². The largest absolute Gasteiger partial charge is 0.393 e. The van der Waals surface area contributed by atoms with Crippen molar-refractivity contribution in [1.29, 1.82) is 0 Å². The van der Waals surface area contributed by atoms with Gasteiger partial charge in [-0.3, -0.25) is 0 Å². The van der Waals surface area contributed by atoms with Gasteiger partial charge < -0.3 is 15.1 Å². The summed E-state index contributed by atoms with van der Waals surface area (Å²) in [7, 11) is 0. The standard InChI is InChI=1S/C29H45F2NO2/c1-19(17-32-14-12-21(18-32)6-11-28(30)31)25-9-10-26-22(5-4-13-29(25,26)3)7-8-23-15-24(33)16-27(34)20(23)2/h7-8,19,21,24-28,33-34H,2,4-6,9-18H2,1,3H3/b22-7+,23-8-/t19-,21-,24-,25-,26+,27+,29-/m1/s1. The first-order chi connectivity index (χ1) is 16.2. The number of alkyl halides is 2. The SMILES string of the molecule is C=C1/C(=C\C=C2/CCC[C@]3(C)[C@@H]([C@H](C)CN4CC[C@@H](CCC(F)F)C4)CC[C@@H]23)C[C@@H](O)C[C@@H]1O. The fourth-order valence-electron chi connectivity index (χ4n) is 7.89. The number of aliphatic hydroxyl groups is 2. The molecule has 0 bridgehead atoms. The molecule has 4 rings (SSSR count). The molecule has 0 spiro atoms. The van der Waals surface area contributed by atoms with Gasteiger partial charge in [-0.15, -0.1) is 0 Å². The Balaban J connectivity index is 1.39. The fraction of sp³-hybridized carbons (Fsp3) is 0.793. The van der Waals surface area contributed by atoms with Gasteiger partial charge >= 0.3 is 0 Å². The van der Waals surface area contributed by atoms with Crippen LogP contribution in [0.1, 0.15) is 78.1 Å². The first kappa shape index (κ1) is 26.0. The number of rotatable bonds is 7. The van der Waals surface area contributed by atoms with Crippen molar-refractivity contribution < 1.29 is 19.0 Å². The second-order valence-electron chi connectivity index (χ2n) is 12.0. The molecule has 4 fully saturated rings. The quantitative estimate of drug-likeness (QED) is 0.464. The van der Waals surface area contributed by atoms with Gasteiger partial charge in [0.2, 0.25) is 6.43 Å². The van der Waals surface area contributed by atoms with Crippen LogP contribution in [0.2, 0.25) is 0 Å². The Morgan fingerprint density at radius 1 is 1.21 bits per heavy atom. The summed E-state index contributed by atoms with van der Waals surface area (Å²) in [5.74, 6) is 2.36. The van der Waals surface area contributed by atoms with Crippen LogP contribution >= 0.6 is 0 Å². The van der Waals surface area contributed by atoms with Gasteiger partial charge in [0.05, 0.1) is 12.2 Å². The molecule has 192 valence electrons. The summed E-state index contributed by atoms with van der Waals surface area (Å²) in [6.07, 6.45) is 10.0. The van der Waals surface area contributed by atoms with E-state index >= 15 is 0 Å². The Kier molecular flexibility index (Phi) is 8.36. The van der Waals surface area contributed by atoms with E-state index in [1.165, 1.54) is 31.3 Å². The van der Waals surface area contributed by atoms with Gasteiger partial charge in [-0.05, 0) is 98.1 Å². The Labute approximate surface area is 205 Å². The predicted octanol–water partition coefficient (Wildman–Crippen LogP) is 6.13. The number of hydrogen-bond donors (Lipinski definition) is 2. The van der Waals surface area contributed by atoms with Crippen LogP contribution < -0.4 is 0 Å². The van der Waals surface area contributed by atoms with Crippen LogP contribution in [0.25, 0.3) is 0 Å². The summed E-state index contributed by atoms with van der Waals surface area (Å²) in [4.78, 5) is 2.53. The maximum atomic E-state index is 12.6. The lowest BCUT2D eigenvalue weighted by Crippen LogP contribution is -2.39. The zero-order chi connectivity index (χ0) is 24.5. The molecule has 0 aromatic rings. The summed E-state index contributed by atoms with van der Waals surface area (Å²) < 4.78 is 25.2. The number of aliphatic hydroxyl groups excluding tert-OH is 2. The van der Waals surface area contributed by atoms with Crippen LogP contribution in [0.3, 0.4) is 0 Å². The average Bonchev–Trinajstić information content (AvgIpc) is 3.37. The molecular formula is C29H45F2NO2. The average molecular weight is 478 g/mol. The zero-order valence-corrected chi connectivity index (χ0v) is 21.2. The van der Waals surface area contributed by atoms with Crippen molar-refractivity contribution in [3.63, 3.8) is 0 Å². The van der Waals surface area contributed by atoms with E-state index in [2.05, 4.69) is 37.5 Å². The third-order valence-electron chi connectivity index (χ3n) is 9.70. The smallest absolute Gasteiger partial charge is 0.238 e. The summed E-state index contributed by atoms with van der Waals surface area (Å²) in [6.45, 7) is 12.1. The Hall–Kier alpha value is -1.04. The van der Waals surface area contributed by atoms with E-state index in [9.17, 15) is 19.0 Å². The van der Waals surface area contributed by atoms with E-state index in [-0.39, 0.29) is 6.42 Å². The number of hydrogen-bond acceptors (Lipinski definition) is 3. The lowest BCUT2D eigenvalue weighted by atomic mass is 9.61. The zero-order valence-electron chi connectivity index (χ0n) is 21.2. The molecule has 0 radical (unpaired) electrons. The van der Waals surface area contributed by atoms with E-state index in [0.29, 0.717) is 48.3 Å². The van der Waals surface area contributed by atoms with Crippen LogP contribution in [0.15, 0.2) is 35.5 Å². The summed E-state index contributed by atoms with van der Waals surface area (Å²) in [5, 5.41) is 20.3. The molecule has 0 unspecified atom stereocenters. The molecule has 2 N–H and O–H groups in total. The molecule has 0 aromatic carbocycles. The molecule has 1 saturated heterocycles. The van der Waals surface area contributed by atoms with Crippen molar-refractivity contribution >= 4 is 0 Å². The molecule has 0 aromatic heterocycles. The van der Waals surface area contributed by atoms with Crippen molar-refractivity contribution in [2.24, 2.45) is 29.1 Å². The third kappa shape index (κ3) is 5.68. The van der Waals surface area contributed by atoms with Gasteiger partial charge in [0.15, 0.2) is 0 Å². The van der Waals surface area contributed by atoms with E-state index < -0.39 is 18.6 Å². The van der Waals surface area contributed by atoms with Crippen molar-refractivity contribution in [3.05, 3.63) is 35.5 Å². The van der Waals surface area contributed by atoms with Gasteiger partial charge in [-0.1, -0.05) is 38.2 Å². The monoisotopic (exact) mass is 477 g/mol. The first-order valence-electron chi connectivity index (χ1n) is 13.6. The lowest BCUT2D eigenvalue weighted by Gasteiger charge is -2.45. The minimum atomic E-state index is -2.17. The maximum absolute atomic E-state index is 12.6. The van der Waals surface area contributed by atoms with Crippen molar-refractivity contribution in [1.82, 2.24) is 4.90 Å². The number of nitrogens with zero attached hydrogens (tertiary/aromatic N) is 1. The molecule has 0 amide bonds. The normalized spacial score (nSPS) is 40.4. The summed E-state index contributed by atoms with van der Waals surface area (Å²) in [6, 6.07) is 0.